The zero-order valence-corrected chi connectivity index (χ0v) is 22.9. The van der Waals surface area contributed by atoms with Gasteiger partial charge in [0.2, 0.25) is 0 Å². The summed E-state index contributed by atoms with van der Waals surface area (Å²) in [4.78, 5) is 0. The fourth-order valence-corrected chi connectivity index (χ4v) is 5.84. The van der Waals surface area contributed by atoms with Crippen LogP contribution in [0.5, 0.6) is 0 Å². The van der Waals surface area contributed by atoms with Crippen molar-refractivity contribution in [3.63, 3.8) is 0 Å². The number of aromatic nitrogens is 2. The van der Waals surface area contributed by atoms with Crippen molar-refractivity contribution in [3.8, 4) is 16.8 Å². The molecule has 0 N–H and O–H groups in total. The minimum absolute atomic E-state index is 1.19. The molecule has 7 aromatic rings. The number of aryl methyl sites for hydroxylation is 3. The third kappa shape index (κ3) is 3.71. The van der Waals surface area contributed by atoms with Gasteiger partial charge in [0.25, 0.3) is 0 Å². The normalized spacial score (nSPS) is 11.4. The van der Waals surface area contributed by atoms with Gasteiger partial charge >= 0.3 is 0 Å². The average molecular weight is 495 g/mol. The molecule has 0 unspecified atom stereocenters. The lowest BCUT2D eigenvalue weighted by Gasteiger charge is -2.10. The van der Waals surface area contributed by atoms with Gasteiger partial charge in [-0.15, -0.1) is 0 Å². The van der Waals surface area contributed by atoms with Crippen molar-refractivity contribution < 1.29 is 0 Å². The van der Waals surface area contributed by atoms with Crippen molar-refractivity contribution in [3.05, 3.63) is 114 Å². The highest BCUT2D eigenvalue weighted by Crippen LogP contribution is 2.40. The summed E-state index contributed by atoms with van der Waals surface area (Å²) in [6.45, 7) is 8.68. The summed E-state index contributed by atoms with van der Waals surface area (Å²) in [7, 11) is 2.20. The van der Waals surface area contributed by atoms with Crippen molar-refractivity contribution in [2.24, 2.45) is 7.05 Å². The lowest BCUT2D eigenvalue weighted by Crippen LogP contribution is -1.93. The maximum Gasteiger partial charge on any atom is 0.0548 e. The largest absolute Gasteiger partial charge is 0.344 e. The molecule has 0 spiro atoms. The van der Waals surface area contributed by atoms with Crippen LogP contribution in [0.3, 0.4) is 0 Å². The lowest BCUT2D eigenvalue weighted by molar-refractivity contribution is 1.01. The van der Waals surface area contributed by atoms with Crippen LogP contribution in [0.25, 0.3) is 60.4 Å². The first-order valence-corrected chi connectivity index (χ1v) is 13.6. The molecule has 0 aliphatic carbocycles. The van der Waals surface area contributed by atoms with Crippen LogP contribution in [-0.2, 0) is 7.05 Å². The Kier molecular flexibility index (Phi) is 6.04. The topological polar surface area (TPSA) is 9.86 Å². The summed E-state index contributed by atoms with van der Waals surface area (Å²) >= 11 is 0. The van der Waals surface area contributed by atoms with E-state index in [1.54, 1.807) is 0 Å². The van der Waals surface area contributed by atoms with E-state index in [4.69, 9.17) is 0 Å². The van der Waals surface area contributed by atoms with Crippen LogP contribution in [0.15, 0.2) is 103 Å². The van der Waals surface area contributed by atoms with Crippen LogP contribution in [0.2, 0.25) is 0 Å². The SMILES string of the molecule is CCC.Cc1ccccc1-c1cc2c(cc1C)c1cc3c(cc1n2C)c1ccccc1n3-c1ccccc1. The number of para-hydroxylation sites is 2. The second-order valence-corrected chi connectivity index (χ2v) is 10.3. The molecule has 5 aromatic carbocycles. The molecule has 0 aliphatic rings. The molecule has 0 aliphatic heterocycles. The Balaban J connectivity index is 0.000000843. The van der Waals surface area contributed by atoms with Crippen LogP contribution in [0, 0.1) is 13.8 Å². The number of hydrogen-bond acceptors (Lipinski definition) is 0. The van der Waals surface area contributed by atoms with Crippen molar-refractivity contribution in [1.82, 2.24) is 9.13 Å². The van der Waals surface area contributed by atoms with Gasteiger partial charge in [0.1, 0.15) is 0 Å². The van der Waals surface area contributed by atoms with Crippen molar-refractivity contribution in [2.45, 2.75) is 34.1 Å². The second kappa shape index (κ2) is 9.54. The average Bonchev–Trinajstić information content (AvgIpc) is 3.40. The van der Waals surface area contributed by atoms with E-state index < -0.39 is 0 Å². The van der Waals surface area contributed by atoms with Crippen molar-refractivity contribution in [1.29, 1.82) is 0 Å². The van der Waals surface area contributed by atoms with Crippen LogP contribution < -0.4 is 0 Å². The minimum atomic E-state index is 1.19. The molecular weight excluding hydrogens is 460 g/mol. The third-order valence-electron chi connectivity index (χ3n) is 7.60. The predicted octanol–water partition coefficient (Wildman–Crippen LogP) is 10.1. The molecule has 0 saturated carbocycles. The lowest BCUT2D eigenvalue weighted by atomic mass is 9.95. The molecule has 0 amide bonds. The monoisotopic (exact) mass is 494 g/mol. The van der Waals surface area contributed by atoms with Gasteiger partial charge in [0, 0.05) is 45.3 Å². The number of nitrogens with zero attached hydrogens (tertiary/aromatic N) is 2. The van der Waals surface area contributed by atoms with Gasteiger partial charge in [-0.05, 0) is 78.6 Å². The molecule has 2 aromatic heterocycles. The minimum Gasteiger partial charge on any atom is -0.344 e. The molecule has 0 saturated heterocycles. The van der Waals surface area contributed by atoms with Gasteiger partial charge in [-0.3, -0.25) is 0 Å². The summed E-state index contributed by atoms with van der Waals surface area (Å²) in [6, 6.07) is 37.6. The molecule has 188 valence electrons. The van der Waals surface area contributed by atoms with Gasteiger partial charge < -0.3 is 9.13 Å². The molecular formula is C36H34N2. The number of benzene rings is 5. The molecule has 0 bridgehead atoms. The van der Waals surface area contributed by atoms with Gasteiger partial charge in [-0.1, -0.05) is 80.9 Å². The van der Waals surface area contributed by atoms with E-state index in [0.717, 1.165) is 0 Å². The number of fused-ring (bicyclic) bond motifs is 6. The van der Waals surface area contributed by atoms with Crippen molar-refractivity contribution >= 4 is 43.6 Å². The van der Waals surface area contributed by atoms with E-state index in [1.807, 2.05) is 0 Å². The van der Waals surface area contributed by atoms with Crippen molar-refractivity contribution in [2.75, 3.05) is 0 Å². The van der Waals surface area contributed by atoms with Gasteiger partial charge in [-0.25, -0.2) is 0 Å². The highest BCUT2D eigenvalue weighted by atomic mass is 15.0. The Labute approximate surface area is 224 Å². The van der Waals surface area contributed by atoms with E-state index in [2.05, 4.69) is 147 Å². The highest BCUT2D eigenvalue weighted by molar-refractivity contribution is 6.18. The van der Waals surface area contributed by atoms with E-state index in [1.165, 1.54) is 78.0 Å². The van der Waals surface area contributed by atoms with E-state index >= 15 is 0 Å². The fraction of sp³-hybridized carbons (Fsp3) is 0.167. The first kappa shape index (κ1) is 24.1. The van der Waals surface area contributed by atoms with Crippen LogP contribution in [0.4, 0.5) is 0 Å². The molecule has 0 fully saturated rings. The molecule has 2 nitrogen and oxygen atoms in total. The molecule has 38 heavy (non-hydrogen) atoms. The summed E-state index contributed by atoms with van der Waals surface area (Å²) < 4.78 is 4.76. The molecule has 2 heterocycles. The zero-order valence-electron chi connectivity index (χ0n) is 22.9. The van der Waals surface area contributed by atoms with Crippen LogP contribution >= 0.6 is 0 Å². The maximum atomic E-state index is 2.40. The predicted molar refractivity (Wildman–Crippen MR) is 166 cm³/mol. The van der Waals surface area contributed by atoms with Gasteiger partial charge in [-0.2, -0.15) is 0 Å². The van der Waals surface area contributed by atoms with E-state index in [-0.39, 0.29) is 0 Å². The van der Waals surface area contributed by atoms with E-state index in [9.17, 15) is 0 Å². The Morgan fingerprint density at radius 2 is 1.08 bits per heavy atom. The molecule has 2 heteroatoms. The third-order valence-corrected chi connectivity index (χ3v) is 7.60. The Morgan fingerprint density at radius 3 is 1.84 bits per heavy atom. The summed E-state index contributed by atoms with van der Waals surface area (Å²) in [5.74, 6) is 0. The smallest absolute Gasteiger partial charge is 0.0548 e. The Bertz CT molecular complexity index is 1930. The maximum absolute atomic E-state index is 2.40. The fourth-order valence-electron chi connectivity index (χ4n) is 5.84. The molecule has 0 radical (unpaired) electrons. The molecule has 0 atom stereocenters. The second-order valence-electron chi connectivity index (χ2n) is 10.3. The summed E-state index contributed by atoms with van der Waals surface area (Å²) in [6.07, 6.45) is 1.25. The standard InChI is InChI=1S/C33H26N2.C3H8/c1-21-11-7-8-14-24(21)26-18-31-27(17-22(26)2)29-20-33-28(19-32(29)34(31)3)25-15-9-10-16-30(25)35(33)23-12-5-4-6-13-23;1-3-2/h4-20H,1-3H3;3H2,1-2H3. The van der Waals surface area contributed by atoms with Gasteiger partial charge in [0.05, 0.1) is 11.0 Å². The summed E-state index contributed by atoms with van der Waals surface area (Å²) in [5.41, 5.74) is 11.5. The Morgan fingerprint density at radius 1 is 0.500 bits per heavy atom. The first-order valence-electron chi connectivity index (χ1n) is 13.6. The van der Waals surface area contributed by atoms with Crippen LogP contribution in [-0.4, -0.2) is 9.13 Å². The molecule has 7 rings (SSSR count). The highest BCUT2D eigenvalue weighted by Gasteiger charge is 2.18. The number of hydrogen-bond donors (Lipinski definition) is 0. The summed E-state index contributed by atoms with van der Waals surface area (Å²) in [5, 5.41) is 5.19. The van der Waals surface area contributed by atoms with Crippen LogP contribution in [0.1, 0.15) is 31.4 Å². The van der Waals surface area contributed by atoms with Gasteiger partial charge in [0.15, 0.2) is 0 Å². The zero-order chi connectivity index (χ0) is 26.4. The first-order chi connectivity index (χ1) is 18.5. The quantitative estimate of drug-likeness (QED) is 0.226. The van der Waals surface area contributed by atoms with E-state index in [0.29, 0.717) is 0 Å². The number of rotatable bonds is 2. The Hall–Kier alpha value is -4.30.